The molecule has 0 spiro atoms. The van der Waals surface area contributed by atoms with E-state index in [0.717, 1.165) is 18.2 Å². The predicted molar refractivity (Wildman–Crippen MR) is 65.0 cm³/mol. The molecule has 2 aromatic carbocycles. The molecule has 19 heavy (non-hydrogen) atoms. The van der Waals surface area contributed by atoms with E-state index in [0.29, 0.717) is 6.29 Å². The fourth-order valence-electron chi connectivity index (χ4n) is 1.51. The van der Waals surface area contributed by atoms with Crippen LogP contribution in [-0.2, 0) is 0 Å². The fourth-order valence-corrected chi connectivity index (χ4v) is 1.51. The molecule has 0 heterocycles. The number of nitro groups is 1. The Morgan fingerprint density at radius 2 is 1.89 bits per heavy atom. The van der Waals surface area contributed by atoms with Gasteiger partial charge in [-0.3, -0.25) is 14.9 Å². The smallest absolute Gasteiger partial charge is 0.311 e. The Bertz CT molecular complexity index is 642. The highest BCUT2D eigenvalue weighted by atomic mass is 19.1. The number of carbonyl (C=O) groups excluding carboxylic acids is 1. The van der Waals surface area contributed by atoms with Crippen molar-refractivity contribution in [3.8, 4) is 11.5 Å². The summed E-state index contributed by atoms with van der Waals surface area (Å²) in [7, 11) is 0. The molecule has 6 heteroatoms. The van der Waals surface area contributed by atoms with Gasteiger partial charge in [0.2, 0.25) is 5.75 Å². The van der Waals surface area contributed by atoms with E-state index in [4.69, 9.17) is 4.74 Å². The Morgan fingerprint density at radius 1 is 1.16 bits per heavy atom. The molecule has 0 aliphatic rings. The topological polar surface area (TPSA) is 69.4 Å². The van der Waals surface area contributed by atoms with Gasteiger partial charge in [0.25, 0.3) is 0 Å². The second-order valence-corrected chi connectivity index (χ2v) is 3.63. The summed E-state index contributed by atoms with van der Waals surface area (Å²) in [5, 5.41) is 10.8. The lowest BCUT2D eigenvalue weighted by Crippen LogP contribution is -1.96. The van der Waals surface area contributed by atoms with Crippen molar-refractivity contribution < 1.29 is 18.8 Å². The van der Waals surface area contributed by atoms with E-state index in [1.54, 1.807) is 12.1 Å². The van der Waals surface area contributed by atoms with E-state index in [1.165, 1.54) is 12.1 Å². The van der Waals surface area contributed by atoms with Gasteiger partial charge in [0.1, 0.15) is 11.6 Å². The van der Waals surface area contributed by atoms with Crippen molar-refractivity contribution in [2.24, 2.45) is 0 Å². The second-order valence-electron chi connectivity index (χ2n) is 3.63. The summed E-state index contributed by atoms with van der Waals surface area (Å²) < 4.78 is 18.4. The molecule has 0 radical (unpaired) electrons. The number of nitrogens with zero attached hydrogens (tertiary/aromatic N) is 1. The number of benzene rings is 2. The summed E-state index contributed by atoms with van der Waals surface area (Å²) in [6.07, 6.45) is 0.556. The van der Waals surface area contributed by atoms with Crippen LogP contribution in [0.4, 0.5) is 10.1 Å². The van der Waals surface area contributed by atoms with Crippen LogP contribution in [-0.4, -0.2) is 11.2 Å². The number of hydrogen-bond donors (Lipinski definition) is 0. The Labute approximate surface area is 107 Å². The van der Waals surface area contributed by atoms with Crippen LogP contribution in [0.3, 0.4) is 0 Å². The van der Waals surface area contributed by atoms with Crippen LogP contribution in [0.5, 0.6) is 11.5 Å². The number of para-hydroxylation sites is 1. The van der Waals surface area contributed by atoms with Gasteiger partial charge in [-0.05, 0) is 18.2 Å². The third kappa shape index (κ3) is 2.74. The summed E-state index contributed by atoms with van der Waals surface area (Å²) >= 11 is 0. The first-order chi connectivity index (χ1) is 9.11. The average molecular weight is 261 g/mol. The number of aldehydes is 1. The van der Waals surface area contributed by atoms with Gasteiger partial charge in [-0.2, -0.15) is 0 Å². The van der Waals surface area contributed by atoms with Crippen molar-refractivity contribution >= 4 is 12.0 Å². The van der Waals surface area contributed by atoms with Crippen LogP contribution in [0.2, 0.25) is 0 Å². The zero-order chi connectivity index (χ0) is 13.8. The first kappa shape index (κ1) is 12.7. The van der Waals surface area contributed by atoms with Gasteiger partial charge in [0.15, 0.2) is 6.29 Å². The minimum absolute atomic E-state index is 0.131. The predicted octanol–water partition coefficient (Wildman–Crippen LogP) is 3.34. The second kappa shape index (κ2) is 5.26. The summed E-state index contributed by atoms with van der Waals surface area (Å²) in [6.45, 7) is 0. The highest BCUT2D eigenvalue weighted by Gasteiger charge is 2.17. The lowest BCUT2D eigenvalue weighted by atomic mass is 10.2. The van der Waals surface area contributed by atoms with Gasteiger partial charge in [-0.25, -0.2) is 4.39 Å². The number of hydrogen-bond acceptors (Lipinski definition) is 4. The zero-order valence-electron chi connectivity index (χ0n) is 9.58. The Kier molecular flexibility index (Phi) is 3.51. The SMILES string of the molecule is O=Cc1ccccc1Oc1cc(F)ccc1[N+](=O)[O-]. The summed E-state index contributed by atoms with van der Waals surface area (Å²) in [5.74, 6) is -0.783. The lowest BCUT2D eigenvalue weighted by molar-refractivity contribution is -0.385. The number of rotatable bonds is 4. The van der Waals surface area contributed by atoms with E-state index in [2.05, 4.69) is 0 Å². The minimum Gasteiger partial charge on any atom is -0.449 e. The molecule has 0 N–H and O–H groups in total. The van der Waals surface area contributed by atoms with Crippen molar-refractivity contribution in [3.05, 3.63) is 64.0 Å². The molecule has 5 nitrogen and oxygen atoms in total. The molecule has 0 aliphatic heterocycles. The molecule has 0 fully saturated rings. The van der Waals surface area contributed by atoms with Crippen LogP contribution >= 0.6 is 0 Å². The third-order valence-electron chi connectivity index (χ3n) is 2.38. The van der Waals surface area contributed by atoms with Crippen molar-refractivity contribution in [2.75, 3.05) is 0 Å². The van der Waals surface area contributed by atoms with Gasteiger partial charge in [-0.15, -0.1) is 0 Å². The maximum atomic E-state index is 13.1. The van der Waals surface area contributed by atoms with Crippen molar-refractivity contribution in [3.63, 3.8) is 0 Å². The van der Waals surface area contributed by atoms with Crippen LogP contribution in [0, 0.1) is 15.9 Å². The van der Waals surface area contributed by atoms with Gasteiger partial charge in [0.05, 0.1) is 10.5 Å². The number of ether oxygens (including phenoxy) is 1. The fraction of sp³-hybridized carbons (Fsp3) is 0. The van der Waals surface area contributed by atoms with Gasteiger partial charge >= 0.3 is 5.69 Å². The molecule has 0 bridgehead atoms. The monoisotopic (exact) mass is 261 g/mol. The van der Waals surface area contributed by atoms with Crippen LogP contribution < -0.4 is 4.74 Å². The van der Waals surface area contributed by atoms with Gasteiger partial charge in [0, 0.05) is 12.1 Å². The number of nitro benzene ring substituents is 1. The van der Waals surface area contributed by atoms with Crippen molar-refractivity contribution in [1.29, 1.82) is 0 Å². The highest BCUT2D eigenvalue weighted by molar-refractivity contribution is 5.79. The molecular formula is C13H8FNO4. The Morgan fingerprint density at radius 3 is 2.58 bits per heavy atom. The Hall–Kier alpha value is -2.76. The molecule has 0 saturated heterocycles. The standard InChI is InChI=1S/C13H8FNO4/c14-10-5-6-11(15(17)18)13(7-10)19-12-4-2-1-3-9(12)8-16/h1-8H. The van der Waals surface area contributed by atoms with E-state index in [-0.39, 0.29) is 22.7 Å². The molecule has 2 aromatic rings. The highest BCUT2D eigenvalue weighted by Crippen LogP contribution is 2.32. The summed E-state index contributed by atoms with van der Waals surface area (Å²) in [6, 6.07) is 9.07. The maximum Gasteiger partial charge on any atom is 0.311 e. The molecule has 0 saturated carbocycles. The quantitative estimate of drug-likeness (QED) is 0.480. The van der Waals surface area contributed by atoms with Crippen LogP contribution in [0.1, 0.15) is 10.4 Å². The van der Waals surface area contributed by atoms with Crippen molar-refractivity contribution in [2.45, 2.75) is 0 Å². The minimum atomic E-state index is -0.682. The lowest BCUT2D eigenvalue weighted by Gasteiger charge is -2.08. The first-order valence-corrected chi connectivity index (χ1v) is 5.28. The molecule has 0 unspecified atom stereocenters. The van der Waals surface area contributed by atoms with E-state index in [9.17, 15) is 19.3 Å². The molecule has 0 aromatic heterocycles. The normalized spacial score (nSPS) is 9.95. The average Bonchev–Trinajstić information content (AvgIpc) is 2.39. The van der Waals surface area contributed by atoms with E-state index >= 15 is 0 Å². The third-order valence-corrected chi connectivity index (χ3v) is 2.38. The van der Waals surface area contributed by atoms with Crippen molar-refractivity contribution in [1.82, 2.24) is 0 Å². The zero-order valence-corrected chi connectivity index (χ0v) is 9.58. The largest absolute Gasteiger partial charge is 0.449 e. The van der Waals surface area contributed by atoms with Crippen LogP contribution in [0.15, 0.2) is 42.5 Å². The maximum absolute atomic E-state index is 13.1. The Balaban J connectivity index is 2.45. The van der Waals surface area contributed by atoms with E-state index < -0.39 is 10.7 Å². The van der Waals surface area contributed by atoms with Crippen LogP contribution in [0.25, 0.3) is 0 Å². The van der Waals surface area contributed by atoms with E-state index in [1.807, 2.05) is 0 Å². The van der Waals surface area contributed by atoms with Gasteiger partial charge < -0.3 is 4.74 Å². The number of halogens is 1. The molecule has 0 amide bonds. The summed E-state index contributed by atoms with van der Waals surface area (Å²) in [4.78, 5) is 20.9. The molecule has 2 rings (SSSR count). The molecule has 0 atom stereocenters. The first-order valence-electron chi connectivity index (χ1n) is 5.28. The molecule has 96 valence electrons. The number of carbonyl (C=O) groups is 1. The molecule has 0 aliphatic carbocycles. The van der Waals surface area contributed by atoms with Gasteiger partial charge in [-0.1, -0.05) is 12.1 Å². The molecular weight excluding hydrogens is 253 g/mol. The summed E-state index contributed by atoms with van der Waals surface area (Å²) in [5.41, 5.74) is -0.150.